The molecule has 1 N–H and O–H groups in total. The molecule has 108 valence electrons. The highest BCUT2D eigenvalue weighted by Crippen LogP contribution is 2.33. The Balaban J connectivity index is 1.96. The number of rotatable bonds is 3. The molecule has 0 aromatic carbocycles. The number of aromatic nitrogens is 2. The Morgan fingerprint density at radius 1 is 1.35 bits per heavy atom. The predicted octanol–water partition coefficient (Wildman–Crippen LogP) is 3.19. The smallest absolute Gasteiger partial charge is 0.146 e. The third-order valence-corrected chi connectivity index (χ3v) is 5.29. The molecule has 1 atom stereocenters. The molecule has 0 bridgehead atoms. The SMILES string of the molecule is CNc1nc(CN2CCC(C)C2)nc2sc(C)c(C)c12. The number of nitrogens with one attached hydrogen (secondary N) is 1. The molecule has 4 nitrogen and oxygen atoms in total. The summed E-state index contributed by atoms with van der Waals surface area (Å²) < 4.78 is 0. The van der Waals surface area contributed by atoms with Gasteiger partial charge in [-0.3, -0.25) is 4.90 Å². The molecule has 20 heavy (non-hydrogen) atoms. The maximum absolute atomic E-state index is 4.78. The summed E-state index contributed by atoms with van der Waals surface area (Å²) in [6.07, 6.45) is 1.29. The number of hydrogen-bond donors (Lipinski definition) is 1. The minimum Gasteiger partial charge on any atom is -0.372 e. The maximum atomic E-state index is 4.78. The molecule has 1 unspecified atom stereocenters. The molecule has 0 saturated carbocycles. The Bertz CT molecular complexity index is 634. The molecular formula is C15H22N4S. The highest BCUT2D eigenvalue weighted by atomic mass is 32.1. The zero-order valence-electron chi connectivity index (χ0n) is 12.7. The number of hydrogen-bond acceptors (Lipinski definition) is 5. The molecule has 5 heteroatoms. The zero-order chi connectivity index (χ0) is 14.3. The first-order valence-electron chi connectivity index (χ1n) is 7.25. The van der Waals surface area contributed by atoms with E-state index in [1.54, 1.807) is 11.3 Å². The molecule has 1 fully saturated rings. The van der Waals surface area contributed by atoms with Gasteiger partial charge in [0.25, 0.3) is 0 Å². The van der Waals surface area contributed by atoms with Crippen LogP contribution in [-0.4, -0.2) is 35.0 Å². The van der Waals surface area contributed by atoms with Crippen molar-refractivity contribution in [3.63, 3.8) is 0 Å². The highest BCUT2D eigenvalue weighted by molar-refractivity contribution is 7.18. The summed E-state index contributed by atoms with van der Waals surface area (Å²) in [5, 5.41) is 4.42. The highest BCUT2D eigenvalue weighted by Gasteiger charge is 2.21. The predicted molar refractivity (Wildman–Crippen MR) is 85.5 cm³/mol. The fourth-order valence-electron chi connectivity index (χ4n) is 2.92. The third-order valence-electron chi connectivity index (χ3n) is 4.18. The van der Waals surface area contributed by atoms with Crippen LogP contribution in [0.25, 0.3) is 10.2 Å². The van der Waals surface area contributed by atoms with Crippen LogP contribution in [0.3, 0.4) is 0 Å². The topological polar surface area (TPSA) is 41.1 Å². The molecule has 0 amide bonds. The first-order chi connectivity index (χ1) is 9.58. The Kier molecular flexibility index (Phi) is 3.65. The summed E-state index contributed by atoms with van der Waals surface area (Å²) in [5.74, 6) is 2.71. The quantitative estimate of drug-likeness (QED) is 0.942. The van der Waals surface area contributed by atoms with Gasteiger partial charge in [0.1, 0.15) is 16.5 Å². The van der Waals surface area contributed by atoms with Crippen molar-refractivity contribution >= 4 is 27.4 Å². The number of anilines is 1. The van der Waals surface area contributed by atoms with Gasteiger partial charge in [0.15, 0.2) is 0 Å². The lowest BCUT2D eigenvalue weighted by Gasteiger charge is -2.14. The molecule has 2 aromatic rings. The summed E-state index contributed by atoms with van der Waals surface area (Å²) in [4.78, 5) is 14.4. The third kappa shape index (κ3) is 2.40. The van der Waals surface area contributed by atoms with E-state index in [1.807, 2.05) is 7.05 Å². The molecule has 0 spiro atoms. The number of thiophene rings is 1. The Hall–Kier alpha value is -1.20. The van der Waals surface area contributed by atoms with Gasteiger partial charge >= 0.3 is 0 Å². The van der Waals surface area contributed by atoms with Crippen molar-refractivity contribution < 1.29 is 0 Å². The van der Waals surface area contributed by atoms with Crippen LogP contribution < -0.4 is 5.32 Å². The minimum absolute atomic E-state index is 0.800. The molecule has 1 aliphatic rings. The Morgan fingerprint density at radius 3 is 2.80 bits per heavy atom. The average molecular weight is 290 g/mol. The molecule has 2 aromatic heterocycles. The van der Waals surface area contributed by atoms with E-state index in [4.69, 9.17) is 9.97 Å². The second-order valence-corrected chi connectivity index (χ2v) is 7.03. The summed E-state index contributed by atoms with van der Waals surface area (Å²) in [7, 11) is 1.94. The number of nitrogens with zero attached hydrogens (tertiary/aromatic N) is 3. The molecular weight excluding hydrogens is 268 g/mol. The van der Waals surface area contributed by atoms with E-state index >= 15 is 0 Å². The van der Waals surface area contributed by atoms with E-state index in [-0.39, 0.29) is 0 Å². The van der Waals surface area contributed by atoms with E-state index in [0.29, 0.717) is 0 Å². The number of aryl methyl sites for hydroxylation is 2. The van der Waals surface area contributed by atoms with Gasteiger partial charge in [-0.1, -0.05) is 6.92 Å². The minimum atomic E-state index is 0.800. The van der Waals surface area contributed by atoms with Crippen LogP contribution in [0, 0.1) is 19.8 Å². The molecule has 0 aliphatic carbocycles. The van der Waals surface area contributed by atoms with Crippen molar-refractivity contribution in [2.75, 3.05) is 25.5 Å². The van der Waals surface area contributed by atoms with Gasteiger partial charge in [-0.2, -0.15) is 0 Å². The van der Waals surface area contributed by atoms with Crippen molar-refractivity contribution in [1.82, 2.24) is 14.9 Å². The summed E-state index contributed by atoms with van der Waals surface area (Å²) >= 11 is 1.77. The largest absolute Gasteiger partial charge is 0.372 e. The number of fused-ring (bicyclic) bond motifs is 1. The van der Waals surface area contributed by atoms with Crippen molar-refractivity contribution in [2.24, 2.45) is 5.92 Å². The van der Waals surface area contributed by atoms with Gasteiger partial charge in [0.05, 0.1) is 11.9 Å². The Morgan fingerprint density at radius 2 is 2.15 bits per heavy atom. The second-order valence-electron chi connectivity index (χ2n) is 5.83. The van der Waals surface area contributed by atoms with Gasteiger partial charge in [-0.25, -0.2) is 9.97 Å². The van der Waals surface area contributed by atoms with Crippen LogP contribution in [0.2, 0.25) is 0 Å². The van der Waals surface area contributed by atoms with Crippen LogP contribution in [0.4, 0.5) is 5.82 Å². The molecule has 0 radical (unpaired) electrons. The van der Waals surface area contributed by atoms with Crippen molar-refractivity contribution in [3.05, 3.63) is 16.3 Å². The normalized spacial score (nSPS) is 19.9. The van der Waals surface area contributed by atoms with Gasteiger partial charge in [-0.15, -0.1) is 11.3 Å². The van der Waals surface area contributed by atoms with Gasteiger partial charge < -0.3 is 5.32 Å². The summed E-state index contributed by atoms with van der Waals surface area (Å²) in [6.45, 7) is 9.82. The second kappa shape index (κ2) is 5.30. The molecule has 1 aliphatic heterocycles. The van der Waals surface area contributed by atoms with Crippen LogP contribution >= 0.6 is 11.3 Å². The molecule has 3 heterocycles. The monoisotopic (exact) mass is 290 g/mol. The maximum Gasteiger partial charge on any atom is 0.146 e. The number of likely N-dealkylation sites (tertiary alicyclic amines) is 1. The lowest BCUT2D eigenvalue weighted by molar-refractivity contribution is 0.312. The zero-order valence-corrected chi connectivity index (χ0v) is 13.5. The van der Waals surface area contributed by atoms with Gasteiger partial charge in [-0.05, 0) is 38.3 Å². The first kappa shape index (κ1) is 13.8. The van der Waals surface area contributed by atoms with Crippen LogP contribution in [0.1, 0.15) is 29.6 Å². The lowest BCUT2D eigenvalue weighted by Crippen LogP contribution is -2.21. The van der Waals surface area contributed by atoms with Gasteiger partial charge in [0, 0.05) is 18.5 Å². The average Bonchev–Trinajstić information content (AvgIpc) is 2.94. The van der Waals surface area contributed by atoms with Crippen LogP contribution in [0.15, 0.2) is 0 Å². The van der Waals surface area contributed by atoms with E-state index < -0.39 is 0 Å². The van der Waals surface area contributed by atoms with E-state index in [1.165, 1.54) is 35.3 Å². The fraction of sp³-hybridized carbons (Fsp3) is 0.600. The summed E-state index contributed by atoms with van der Waals surface area (Å²) in [5.41, 5.74) is 1.30. The fourth-order valence-corrected chi connectivity index (χ4v) is 3.96. The Labute approximate surface area is 124 Å². The summed E-state index contributed by atoms with van der Waals surface area (Å²) in [6, 6.07) is 0. The van der Waals surface area contributed by atoms with Crippen molar-refractivity contribution in [1.29, 1.82) is 0 Å². The first-order valence-corrected chi connectivity index (χ1v) is 8.07. The van der Waals surface area contributed by atoms with E-state index in [9.17, 15) is 0 Å². The van der Waals surface area contributed by atoms with Crippen LogP contribution in [0.5, 0.6) is 0 Å². The van der Waals surface area contributed by atoms with Crippen LogP contribution in [-0.2, 0) is 6.54 Å². The molecule has 1 saturated heterocycles. The van der Waals surface area contributed by atoms with Crippen molar-refractivity contribution in [3.8, 4) is 0 Å². The van der Waals surface area contributed by atoms with Gasteiger partial charge in [0.2, 0.25) is 0 Å². The standard InChI is InChI=1S/C15H22N4S/c1-9-5-6-19(7-9)8-12-17-14(16-4)13-10(2)11(3)20-15(13)18-12/h9H,5-8H2,1-4H3,(H,16,17,18). The van der Waals surface area contributed by atoms with Crippen molar-refractivity contribution in [2.45, 2.75) is 33.7 Å². The lowest BCUT2D eigenvalue weighted by atomic mass is 10.2. The molecule has 3 rings (SSSR count). The van der Waals surface area contributed by atoms with E-state index in [2.05, 4.69) is 31.0 Å². The van der Waals surface area contributed by atoms with E-state index in [0.717, 1.165) is 28.9 Å².